The van der Waals surface area contributed by atoms with Gasteiger partial charge >= 0.3 is 6.03 Å². The van der Waals surface area contributed by atoms with Crippen molar-refractivity contribution in [3.8, 4) is 0 Å². The number of amides is 3. The first-order valence-electron chi connectivity index (χ1n) is 4.47. The number of nitrogens with zero attached hydrogens (tertiary/aromatic N) is 1. The molecule has 5 heteroatoms. The molecule has 0 aliphatic rings. The van der Waals surface area contributed by atoms with Crippen LogP contribution in [0.4, 0.5) is 4.79 Å². The second-order valence-electron chi connectivity index (χ2n) is 2.95. The molecule has 3 N–H and O–H groups in total. The highest BCUT2D eigenvalue weighted by molar-refractivity contribution is 5.92. The maximum absolute atomic E-state index is 11.0. The minimum Gasteiger partial charge on any atom is -0.351 e. The number of hydrogen-bond acceptors (Lipinski definition) is 2. The SMILES string of the molecule is C=C(C)C(=O)NCCN(CC)C(N)=O. The zero-order chi connectivity index (χ0) is 11.1. The summed E-state index contributed by atoms with van der Waals surface area (Å²) in [6, 6.07) is -0.475. The van der Waals surface area contributed by atoms with Crippen LogP contribution in [-0.2, 0) is 4.79 Å². The van der Waals surface area contributed by atoms with Crippen molar-refractivity contribution >= 4 is 11.9 Å². The molecule has 0 aliphatic carbocycles. The van der Waals surface area contributed by atoms with E-state index >= 15 is 0 Å². The Morgan fingerprint density at radius 2 is 2.07 bits per heavy atom. The second kappa shape index (κ2) is 6.01. The molecule has 14 heavy (non-hydrogen) atoms. The fourth-order valence-electron chi connectivity index (χ4n) is 0.879. The number of primary amides is 1. The van der Waals surface area contributed by atoms with Crippen molar-refractivity contribution in [2.45, 2.75) is 13.8 Å². The summed E-state index contributed by atoms with van der Waals surface area (Å²) >= 11 is 0. The van der Waals surface area contributed by atoms with Crippen molar-refractivity contribution in [3.63, 3.8) is 0 Å². The minimum absolute atomic E-state index is 0.203. The number of rotatable bonds is 5. The van der Waals surface area contributed by atoms with Gasteiger partial charge in [-0.2, -0.15) is 0 Å². The van der Waals surface area contributed by atoms with Gasteiger partial charge in [0.25, 0.3) is 0 Å². The Morgan fingerprint density at radius 1 is 1.50 bits per heavy atom. The van der Waals surface area contributed by atoms with Crippen molar-refractivity contribution in [2.75, 3.05) is 19.6 Å². The van der Waals surface area contributed by atoms with E-state index in [4.69, 9.17) is 5.73 Å². The smallest absolute Gasteiger partial charge is 0.314 e. The van der Waals surface area contributed by atoms with Crippen LogP contribution in [0.15, 0.2) is 12.2 Å². The molecule has 0 aromatic carbocycles. The maximum atomic E-state index is 11.0. The van der Waals surface area contributed by atoms with Gasteiger partial charge in [0, 0.05) is 25.2 Å². The second-order valence-corrected chi connectivity index (χ2v) is 2.95. The molecule has 3 amide bonds. The summed E-state index contributed by atoms with van der Waals surface area (Å²) in [7, 11) is 0. The normalized spacial score (nSPS) is 9.29. The summed E-state index contributed by atoms with van der Waals surface area (Å²) in [5, 5.41) is 2.61. The Labute approximate surface area is 83.9 Å². The van der Waals surface area contributed by atoms with E-state index in [2.05, 4.69) is 11.9 Å². The molecule has 0 bridgehead atoms. The number of nitrogens with one attached hydrogen (secondary N) is 1. The first-order valence-corrected chi connectivity index (χ1v) is 4.47. The van der Waals surface area contributed by atoms with Crippen LogP contribution in [0.25, 0.3) is 0 Å². The van der Waals surface area contributed by atoms with Crippen LogP contribution in [0, 0.1) is 0 Å². The topological polar surface area (TPSA) is 75.4 Å². The highest BCUT2D eigenvalue weighted by Gasteiger charge is 2.07. The van der Waals surface area contributed by atoms with Crippen molar-refractivity contribution < 1.29 is 9.59 Å². The standard InChI is InChI=1S/C9H17N3O2/c1-4-12(9(10)14)6-5-11-8(13)7(2)3/h2,4-6H2,1,3H3,(H2,10,14)(H,11,13). The lowest BCUT2D eigenvalue weighted by atomic mass is 10.3. The summed E-state index contributed by atoms with van der Waals surface area (Å²) in [6.07, 6.45) is 0. The predicted octanol–water partition coefficient (Wildman–Crippen LogP) is 0.0793. The van der Waals surface area contributed by atoms with Crippen LogP contribution >= 0.6 is 0 Å². The molecule has 0 spiro atoms. The van der Waals surface area contributed by atoms with Crippen LogP contribution in [0.1, 0.15) is 13.8 Å². The number of carbonyl (C=O) groups excluding carboxylic acids is 2. The lowest BCUT2D eigenvalue weighted by Gasteiger charge is -2.18. The van der Waals surface area contributed by atoms with Gasteiger partial charge in [-0.1, -0.05) is 6.58 Å². The Morgan fingerprint density at radius 3 is 2.43 bits per heavy atom. The van der Waals surface area contributed by atoms with Crippen molar-refractivity contribution in [1.82, 2.24) is 10.2 Å². The van der Waals surface area contributed by atoms with Gasteiger partial charge in [0.15, 0.2) is 0 Å². The van der Waals surface area contributed by atoms with Gasteiger partial charge in [-0.15, -0.1) is 0 Å². The van der Waals surface area contributed by atoms with Crippen LogP contribution in [0.3, 0.4) is 0 Å². The van der Waals surface area contributed by atoms with E-state index < -0.39 is 6.03 Å². The summed E-state index contributed by atoms with van der Waals surface area (Å²) in [6.45, 7) is 8.29. The predicted molar refractivity (Wildman–Crippen MR) is 54.7 cm³/mol. The average Bonchev–Trinajstić information content (AvgIpc) is 2.11. The molecule has 0 aliphatic heterocycles. The van der Waals surface area contributed by atoms with Gasteiger partial charge in [0.05, 0.1) is 0 Å². The summed E-state index contributed by atoms with van der Waals surface area (Å²) in [5.41, 5.74) is 5.53. The largest absolute Gasteiger partial charge is 0.351 e. The molecule has 0 fully saturated rings. The first-order chi connectivity index (χ1) is 6.49. The van der Waals surface area contributed by atoms with Gasteiger partial charge in [0.1, 0.15) is 0 Å². The summed E-state index contributed by atoms with van der Waals surface area (Å²) < 4.78 is 0. The van der Waals surface area contributed by atoms with Crippen molar-refractivity contribution in [1.29, 1.82) is 0 Å². The number of likely N-dealkylation sites (N-methyl/N-ethyl adjacent to an activating group) is 1. The summed E-state index contributed by atoms with van der Waals surface area (Å²) in [5.74, 6) is -0.203. The minimum atomic E-state index is -0.475. The van der Waals surface area contributed by atoms with Gasteiger partial charge in [-0.25, -0.2) is 4.79 Å². The van der Waals surface area contributed by atoms with Crippen molar-refractivity contribution in [2.24, 2.45) is 5.73 Å². The molecule has 0 aromatic rings. The maximum Gasteiger partial charge on any atom is 0.314 e. The first kappa shape index (κ1) is 12.5. The quantitative estimate of drug-likeness (QED) is 0.615. The van der Waals surface area contributed by atoms with E-state index in [1.54, 1.807) is 6.92 Å². The third-order valence-corrected chi connectivity index (χ3v) is 1.75. The highest BCUT2D eigenvalue weighted by atomic mass is 16.2. The molecule has 5 nitrogen and oxygen atoms in total. The molecule has 0 saturated carbocycles. The Balaban J connectivity index is 3.77. The molecular weight excluding hydrogens is 182 g/mol. The van der Waals surface area contributed by atoms with Crippen LogP contribution in [0.2, 0.25) is 0 Å². The molecule has 0 heterocycles. The van der Waals surface area contributed by atoms with Gasteiger partial charge < -0.3 is 16.0 Å². The van der Waals surface area contributed by atoms with Crippen LogP contribution in [-0.4, -0.2) is 36.5 Å². The highest BCUT2D eigenvalue weighted by Crippen LogP contribution is 1.87. The van der Waals surface area contributed by atoms with Gasteiger partial charge in [-0.05, 0) is 13.8 Å². The number of urea groups is 1. The third kappa shape index (κ3) is 4.49. The fraction of sp³-hybridized carbons (Fsp3) is 0.556. The molecular formula is C9H17N3O2. The third-order valence-electron chi connectivity index (χ3n) is 1.75. The number of hydrogen-bond donors (Lipinski definition) is 2. The molecule has 0 unspecified atom stereocenters. The van der Waals surface area contributed by atoms with E-state index in [1.807, 2.05) is 6.92 Å². The van der Waals surface area contributed by atoms with Crippen LogP contribution in [0.5, 0.6) is 0 Å². The molecule has 0 radical (unpaired) electrons. The monoisotopic (exact) mass is 199 g/mol. The fourth-order valence-corrected chi connectivity index (χ4v) is 0.879. The van der Waals surface area contributed by atoms with E-state index in [-0.39, 0.29) is 5.91 Å². The molecule has 0 rings (SSSR count). The summed E-state index contributed by atoms with van der Waals surface area (Å²) in [4.78, 5) is 23.2. The van der Waals surface area contributed by atoms with Gasteiger partial charge in [0.2, 0.25) is 5.91 Å². The van der Waals surface area contributed by atoms with Crippen molar-refractivity contribution in [3.05, 3.63) is 12.2 Å². The van der Waals surface area contributed by atoms with E-state index in [9.17, 15) is 9.59 Å². The Hall–Kier alpha value is -1.52. The molecule has 0 saturated heterocycles. The number of nitrogens with two attached hydrogens (primary N) is 1. The molecule has 0 atom stereocenters. The van der Waals surface area contributed by atoms with E-state index in [0.717, 1.165) is 0 Å². The Bertz CT molecular complexity index is 238. The van der Waals surface area contributed by atoms with Crippen LogP contribution < -0.4 is 11.1 Å². The van der Waals surface area contributed by atoms with Gasteiger partial charge in [-0.3, -0.25) is 4.79 Å². The lowest BCUT2D eigenvalue weighted by molar-refractivity contribution is -0.117. The Kier molecular flexibility index (Phi) is 5.36. The van der Waals surface area contributed by atoms with E-state index in [1.165, 1.54) is 4.90 Å². The zero-order valence-corrected chi connectivity index (χ0v) is 8.67. The molecule has 80 valence electrons. The van der Waals surface area contributed by atoms with E-state index in [0.29, 0.717) is 25.2 Å². The zero-order valence-electron chi connectivity index (χ0n) is 8.67. The average molecular weight is 199 g/mol. The molecule has 0 aromatic heterocycles. The lowest BCUT2D eigenvalue weighted by Crippen LogP contribution is -2.41. The number of carbonyl (C=O) groups is 2.